The summed E-state index contributed by atoms with van der Waals surface area (Å²) in [6.45, 7) is 4.79. The van der Waals surface area contributed by atoms with E-state index in [1.807, 2.05) is 20.9 Å². The molecule has 2 fully saturated rings. The molecule has 1 saturated heterocycles. The van der Waals surface area contributed by atoms with E-state index < -0.39 is 10.0 Å². The molecular weight excluding hydrogens is 390 g/mol. The monoisotopic (exact) mass is 423 g/mol. The summed E-state index contributed by atoms with van der Waals surface area (Å²) in [5, 5.41) is 2.88. The van der Waals surface area contributed by atoms with Crippen LogP contribution in [0.2, 0.25) is 0 Å². The van der Waals surface area contributed by atoms with Gasteiger partial charge in [-0.15, -0.1) is 0 Å². The Morgan fingerprint density at radius 1 is 1.10 bits per heavy atom. The van der Waals surface area contributed by atoms with Gasteiger partial charge in [0.2, 0.25) is 15.9 Å². The van der Waals surface area contributed by atoms with Crippen molar-refractivity contribution in [3.05, 3.63) is 24.3 Å². The Labute approximate surface area is 174 Å². The molecule has 2 unspecified atom stereocenters. The predicted molar refractivity (Wildman–Crippen MR) is 113 cm³/mol. The lowest BCUT2D eigenvalue weighted by Gasteiger charge is -2.34. The van der Waals surface area contributed by atoms with Crippen LogP contribution in [0.1, 0.15) is 46.0 Å². The fraction of sp³-hybridized carbons (Fsp3) is 0.667. The Morgan fingerprint density at radius 2 is 1.69 bits per heavy atom. The summed E-state index contributed by atoms with van der Waals surface area (Å²) < 4.78 is 32.9. The lowest BCUT2D eigenvalue weighted by Crippen LogP contribution is -2.48. The van der Waals surface area contributed by atoms with Crippen LogP contribution in [0.25, 0.3) is 0 Å². The molecule has 0 radical (unpaired) electrons. The maximum atomic E-state index is 12.9. The van der Waals surface area contributed by atoms with Gasteiger partial charge in [0.1, 0.15) is 0 Å². The molecular formula is C21H33N3O4S. The normalized spacial score (nSPS) is 24.6. The Morgan fingerprint density at radius 3 is 2.28 bits per heavy atom. The second kappa shape index (κ2) is 9.55. The fourth-order valence-corrected chi connectivity index (χ4v) is 5.85. The highest BCUT2D eigenvalue weighted by Crippen LogP contribution is 2.23. The number of rotatable bonds is 6. The SMILES string of the molecule is CC1CN(S(=O)(=O)c2ccc(NC(=O)CN(C)C3CCCCC3)cc2)CC(C)O1. The molecule has 1 N–H and O–H groups in total. The fourth-order valence-electron chi connectivity index (χ4n) is 4.26. The van der Waals surface area contributed by atoms with Crippen LogP contribution in [-0.4, -0.2) is 68.5 Å². The summed E-state index contributed by atoms with van der Waals surface area (Å²) in [6.07, 6.45) is 5.78. The average molecular weight is 424 g/mol. The summed E-state index contributed by atoms with van der Waals surface area (Å²) in [4.78, 5) is 14.7. The van der Waals surface area contributed by atoms with Crippen LogP contribution >= 0.6 is 0 Å². The summed E-state index contributed by atoms with van der Waals surface area (Å²) in [6, 6.07) is 6.89. The molecule has 0 spiro atoms. The van der Waals surface area contributed by atoms with Crippen LogP contribution in [0.5, 0.6) is 0 Å². The molecule has 1 aromatic rings. The van der Waals surface area contributed by atoms with Crippen LogP contribution in [0, 0.1) is 0 Å². The van der Waals surface area contributed by atoms with Crippen molar-refractivity contribution in [1.29, 1.82) is 0 Å². The Kier molecular flexibility index (Phi) is 7.32. The van der Waals surface area contributed by atoms with Crippen LogP contribution in [0.15, 0.2) is 29.2 Å². The second-order valence-electron chi connectivity index (χ2n) is 8.36. The zero-order valence-electron chi connectivity index (χ0n) is 17.6. The van der Waals surface area contributed by atoms with Crippen molar-refractivity contribution in [2.45, 2.75) is 69.1 Å². The van der Waals surface area contributed by atoms with Crippen LogP contribution in [0.4, 0.5) is 5.69 Å². The standard InChI is InChI=1S/C21H33N3O4S/c1-16-13-24(14-17(2)28-16)29(26,27)20-11-9-18(10-12-20)22-21(25)15-23(3)19-7-5-4-6-8-19/h9-12,16-17,19H,4-8,13-15H2,1-3H3,(H,22,25). The molecule has 8 heteroatoms. The number of ether oxygens (including phenoxy) is 1. The van der Waals surface area contributed by atoms with Gasteiger partial charge in [0, 0.05) is 24.8 Å². The first kappa shape index (κ1) is 22.2. The molecule has 0 bridgehead atoms. The molecule has 1 aliphatic carbocycles. The minimum atomic E-state index is -3.57. The zero-order chi connectivity index (χ0) is 21.0. The van der Waals surface area contributed by atoms with Crippen molar-refractivity contribution < 1.29 is 17.9 Å². The smallest absolute Gasteiger partial charge is 0.243 e. The first-order valence-electron chi connectivity index (χ1n) is 10.5. The van der Waals surface area contributed by atoms with Crippen molar-refractivity contribution in [2.24, 2.45) is 0 Å². The molecule has 29 heavy (non-hydrogen) atoms. The lowest BCUT2D eigenvalue weighted by molar-refractivity contribution is -0.117. The van der Waals surface area contributed by atoms with E-state index in [1.165, 1.54) is 23.6 Å². The van der Waals surface area contributed by atoms with E-state index in [0.29, 0.717) is 31.4 Å². The lowest BCUT2D eigenvalue weighted by atomic mass is 9.94. The van der Waals surface area contributed by atoms with Crippen molar-refractivity contribution in [1.82, 2.24) is 9.21 Å². The van der Waals surface area contributed by atoms with Gasteiger partial charge in [-0.1, -0.05) is 19.3 Å². The highest BCUT2D eigenvalue weighted by atomic mass is 32.2. The van der Waals surface area contributed by atoms with Gasteiger partial charge in [-0.2, -0.15) is 4.31 Å². The molecule has 1 aromatic carbocycles. The van der Waals surface area contributed by atoms with Gasteiger partial charge in [0.05, 0.1) is 23.6 Å². The average Bonchev–Trinajstić information content (AvgIpc) is 2.68. The zero-order valence-corrected chi connectivity index (χ0v) is 18.5. The van der Waals surface area contributed by atoms with Gasteiger partial charge in [0.25, 0.3) is 0 Å². The third kappa shape index (κ3) is 5.78. The quantitative estimate of drug-likeness (QED) is 0.761. The number of nitrogens with zero attached hydrogens (tertiary/aromatic N) is 2. The minimum absolute atomic E-state index is 0.0792. The van der Waals surface area contributed by atoms with Crippen LogP contribution in [0.3, 0.4) is 0 Å². The first-order chi connectivity index (χ1) is 13.8. The van der Waals surface area contributed by atoms with Crippen molar-refractivity contribution in [3.8, 4) is 0 Å². The number of carbonyl (C=O) groups is 1. The van der Waals surface area contributed by atoms with Gasteiger partial charge in [0.15, 0.2) is 0 Å². The predicted octanol–water partition coefficient (Wildman–Crippen LogP) is 2.69. The van der Waals surface area contributed by atoms with Gasteiger partial charge in [-0.3, -0.25) is 9.69 Å². The third-order valence-corrected chi connectivity index (χ3v) is 7.60. The number of carbonyl (C=O) groups excluding carboxylic acids is 1. The maximum Gasteiger partial charge on any atom is 0.243 e. The Bertz CT molecular complexity index is 781. The summed E-state index contributed by atoms with van der Waals surface area (Å²) in [5.41, 5.74) is 0.606. The number of sulfonamides is 1. The number of benzene rings is 1. The molecule has 0 aromatic heterocycles. The van der Waals surface area contributed by atoms with Crippen molar-refractivity contribution in [3.63, 3.8) is 0 Å². The molecule has 1 aliphatic heterocycles. The van der Waals surface area contributed by atoms with Gasteiger partial charge in [-0.25, -0.2) is 8.42 Å². The highest BCUT2D eigenvalue weighted by Gasteiger charge is 2.32. The maximum absolute atomic E-state index is 12.9. The first-order valence-corrected chi connectivity index (χ1v) is 12.0. The molecule has 1 amide bonds. The molecule has 1 heterocycles. The Balaban J connectivity index is 1.58. The molecule has 2 aliphatic rings. The molecule has 3 rings (SSSR count). The number of morpholine rings is 1. The Hall–Kier alpha value is -1.48. The minimum Gasteiger partial charge on any atom is -0.373 e. The van der Waals surface area contributed by atoms with Crippen LogP contribution in [-0.2, 0) is 19.6 Å². The highest BCUT2D eigenvalue weighted by molar-refractivity contribution is 7.89. The molecule has 2 atom stereocenters. The number of anilines is 1. The largest absolute Gasteiger partial charge is 0.373 e. The molecule has 162 valence electrons. The number of nitrogens with one attached hydrogen (secondary N) is 1. The molecule has 1 saturated carbocycles. The van der Waals surface area contributed by atoms with E-state index in [1.54, 1.807) is 24.3 Å². The van der Waals surface area contributed by atoms with Gasteiger partial charge >= 0.3 is 0 Å². The van der Waals surface area contributed by atoms with E-state index in [0.717, 1.165) is 12.8 Å². The summed E-state index contributed by atoms with van der Waals surface area (Å²) in [5.74, 6) is -0.0792. The van der Waals surface area contributed by atoms with Crippen LogP contribution < -0.4 is 5.32 Å². The third-order valence-electron chi connectivity index (χ3n) is 5.75. The summed E-state index contributed by atoms with van der Waals surface area (Å²) in [7, 11) is -1.58. The molecule has 7 nitrogen and oxygen atoms in total. The van der Waals surface area contributed by atoms with E-state index >= 15 is 0 Å². The van der Waals surface area contributed by atoms with Gasteiger partial charge in [-0.05, 0) is 58.0 Å². The van der Waals surface area contributed by atoms with E-state index in [9.17, 15) is 13.2 Å². The number of amides is 1. The topological polar surface area (TPSA) is 79.0 Å². The van der Waals surface area contributed by atoms with Crippen molar-refractivity contribution >= 4 is 21.6 Å². The number of likely N-dealkylation sites (N-methyl/N-ethyl adjacent to an activating group) is 1. The summed E-state index contributed by atoms with van der Waals surface area (Å²) >= 11 is 0. The van der Waals surface area contributed by atoms with Crippen molar-refractivity contribution in [2.75, 3.05) is 32.0 Å². The number of hydrogen-bond acceptors (Lipinski definition) is 5. The van der Waals surface area contributed by atoms with E-state index in [2.05, 4.69) is 10.2 Å². The number of hydrogen-bond donors (Lipinski definition) is 1. The van der Waals surface area contributed by atoms with Gasteiger partial charge < -0.3 is 10.1 Å². The van der Waals surface area contributed by atoms with E-state index in [-0.39, 0.29) is 23.0 Å². The van der Waals surface area contributed by atoms with E-state index in [4.69, 9.17) is 4.74 Å². The second-order valence-corrected chi connectivity index (χ2v) is 10.3.